The van der Waals surface area contributed by atoms with Crippen molar-refractivity contribution < 1.29 is 14.3 Å². The maximum Gasteiger partial charge on any atom is 0.409 e. The molecule has 3 rings (SSSR count). The number of rotatable bonds is 6. The van der Waals surface area contributed by atoms with Crippen LogP contribution in [0.3, 0.4) is 0 Å². The Hall–Kier alpha value is -3.17. The van der Waals surface area contributed by atoms with Crippen LogP contribution in [0.25, 0.3) is 11.0 Å². The SMILES string of the molecule is CCCn1c(=O)[nH]c(=O)c2c(C(=O)N3CCN(C(=O)OCC(C)C)CC3)cc(C(C)C)nc21. The Morgan fingerprint density at radius 1 is 1.09 bits per heavy atom. The quantitative estimate of drug-likeness (QED) is 0.707. The van der Waals surface area contributed by atoms with Crippen LogP contribution in [-0.4, -0.2) is 69.1 Å². The molecule has 0 saturated carbocycles. The number of H-pyrrole nitrogens is 1. The molecule has 0 spiro atoms. The first-order valence-electron chi connectivity index (χ1n) is 11.5. The number of fused-ring (bicyclic) bond motifs is 1. The number of nitrogens with one attached hydrogen (secondary N) is 1. The van der Waals surface area contributed by atoms with Crippen molar-refractivity contribution in [1.82, 2.24) is 24.3 Å². The van der Waals surface area contributed by atoms with Gasteiger partial charge in [0.15, 0.2) is 5.65 Å². The average Bonchev–Trinajstić information content (AvgIpc) is 2.78. The lowest BCUT2D eigenvalue weighted by molar-refractivity contribution is 0.0536. The van der Waals surface area contributed by atoms with Gasteiger partial charge in [0.05, 0.1) is 17.6 Å². The predicted octanol–water partition coefficient (Wildman–Crippen LogP) is 2.17. The molecule has 2 amide bonds. The Labute approximate surface area is 192 Å². The summed E-state index contributed by atoms with van der Waals surface area (Å²) >= 11 is 0. The third-order valence-electron chi connectivity index (χ3n) is 5.60. The summed E-state index contributed by atoms with van der Waals surface area (Å²) in [6.45, 7) is 11.8. The number of hydrogen-bond donors (Lipinski definition) is 1. The molecule has 2 aromatic rings. The van der Waals surface area contributed by atoms with Gasteiger partial charge < -0.3 is 14.5 Å². The summed E-state index contributed by atoms with van der Waals surface area (Å²) in [5.74, 6) is -0.0696. The minimum absolute atomic E-state index is 0.00186. The van der Waals surface area contributed by atoms with Crippen molar-refractivity contribution in [2.45, 2.75) is 53.5 Å². The van der Waals surface area contributed by atoms with Crippen LogP contribution < -0.4 is 11.2 Å². The highest BCUT2D eigenvalue weighted by atomic mass is 16.6. The second-order valence-corrected chi connectivity index (χ2v) is 9.11. The van der Waals surface area contributed by atoms with E-state index in [4.69, 9.17) is 4.74 Å². The van der Waals surface area contributed by atoms with E-state index < -0.39 is 11.2 Å². The Morgan fingerprint density at radius 2 is 1.73 bits per heavy atom. The Morgan fingerprint density at radius 3 is 2.30 bits per heavy atom. The monoisotopic (exact) mass is 459 g/mol. The minimum atomic E-state index is -0.621. The van der Waals surface area contributed by atoms with Gasteiger partial charge >= 0.3 is 11.8 Å². The van der Waals surface area contributed by atoms with E-state index in [1.54, 1.807) is 15.9 Å². The van der Waals surface area contributed by atoms with E-state index in [-0.39, 0.29) is 40.4 Å². The van der Waals surface area contributed by atoms with Crippen molar-refractivity contribution in [3.05, 3.63) is 38.2 Å². The van der Waals surface area contributed by atoms with E-state index in [0.717, 1.165) is 0 Å². The Bertz CT molecular complexity index is 1140. The summed E-state index contributed by atoms with van der Waals surface area (Å²) in [5, 5.41) is 0.122. The zero-order valence-corrected chi connectivity index (χ0v) is 20.0. The fraction of sp³-hybridized carbons (Fsp3) is 0.609. The molecule has 10 heteroatoms. The molecule has 180 valence electrons. The topological polar surface area (TPSA) is 118 Å². The number of pyridine rings is 1. The predicted molar refractivity (Wildman–Crippen MR) is 125 cm³/mol. The molecule has 0 unspecified atom stereocenters. The van der Waals surface area contributed by atoms with Crippen LogP contribution in [-0.2, 0) is 11.3 Å². The number of amides is 2. The number of aryl methyl sites for hydroxylation is 1. The van der Waals surface area contributed by atoms with Gasteiger partial charge in [0.2, 0.25) is 0 Å². The molecular weight excluding hydrogens is 426 g/mol. The van der Waals surface area contributed by atoms with Gasteiger partial charge in [0.1, 0.15) is 0 Å². The zero-order chi connectivity index (χ0) is 24.3. The largest absolute Gasteiger partial charge is 0.449 e. The lowest BCUT2D eigenvalue weighted by atomic mass is 10.0. The van der Waals surface area contributed by atoms with E-state index >= 15 is 0 Å². The van der Waals surface area contributed by atoms with Crippen LogP contribution in [0.1, 0.15) is 63.0 Å². The summed E-state index contributed by atoms with van der Waals surface area (Å²) in [5.41, 5.74) is -0.0580. The van der Waals surface area contributed by atoms with Gasteiger partial charge in [-0.1, -0.05) is 34.6 Å². The smallest absolute Gasteiger partial charge is 0.409 e. The molecule has 10 nitrogen and oxygen atoms in total. The molecule has 1 N–H and O–H groups in total. The molecule has 0 bridgehead atoms. The number of nitrogens with zero attached hydrogens (tertiary/aromatic N) is 4. The number of ether oxygens (including phenoxy) is 1. The highest BCUT2D eigenvalue weighted by Gasteiger charge is 2.28. The summed E-state index contributed by atoms with van der Waals surface area (Å²) in [6, 6.07) is 1.65. The minimum Gasteiger partial charge on any atom is -0.449 e. The number of hydrogen-bond acceptors (Lipinski definition) is 6. The van der Waals surface area contributed by atoms with Gasteiger partial charge in [-0.15, -0.1) is 0 Å². The van der Waals surface area contributed by atoms with Gasteiger partial charge in [-0.25, -0.2) is 14.6 Å². The van der Waals surface area contributed by atoms with Crippen LogP contribution in [0.15, 0.2) is 15.7 Å². The van der Waals surface area contributed by atoms with Crippen molar-refractivity contribution >= 4 is 23.0 Å². The van der Waals surface area contributed by atoms with Crippen LogP contribution in [0.4, 0.5) is 4.79 Å². The van der Waals surface area contributed by atoms with Crippen LogP contribution >= 0.6 is 0 Å². The van der Waals surface area contributed by atoms with E-state index in [2.05, 4.69) is 9.97 Å². The first-order valence-corrected chi connectivity index (χ1v) is 11.5. The summed E-state index contributed by atoms with van der Waals surface area (Å²) in [4.78, 5) is 61.0. The lowest BCUT2D eigenvalue weighted by Gasteiger charge is -2.34. The molecule has 0 radical (unpaired) electrons. The normalized spacial score (nSPS) is 14.4. The molecule has 3 heterocycles. The van der Waals surface area contributed by atoms with Gasteiger partial charge in [0.25, 0.3) is 11.5 Å². The fourth-order valence-corrected chi connectivity index (χ4v) is 3.78. The van der Waals surface area contributed by atoms with E-state index in [9.17, 15) is 19.2 Å². The number of aromatic nitrogens is 3. The first kappa shape index (κ1) is 24.5. The molecule has 1 aliphatic rings. The summed E-state index contributed by atoms with van der Waals surface area (Å²) in [6.07, 6.45) is 0.291. The third kappa shape index (κ3) is 5.26. The second-order valence-electron chi connectivity index (χ2n) is 9.11. The highest BCUT2D eigenvalue weighted by molar-refractivity contribution is 6.05. The van der Waals surface area contributed by atoms with Crippen LogP contribution in [0.2, 0.25) is 0 Å². The molecule has 1 fully saturated rings. The van der Waals surface area contributed by atoms with Crippen molar-refractivity contribution in [2.24, 2.45) is 5.92 Å². The van der Waals surface area contributed by atoms with Crippen molar-refractivity contribution in [3.8, 4) is 0 Å². The molecule has 33 heavy (non-hydrogen) atoms. The van der Waals surface area contributed by atoms with Gasteiger partial charge in [-0.3, -0.25) is 19.1 Å². The molecule has 0 aromatic carbocycles. The summed E-state index contributed by atoms with van der Waals surface area (Å²) < 4.78 is 6.70. The molecule has 1 saturated heterocycles. The second kappa shape index (κ2) is 10.2. The van der Waals surface area contributed by atoms with E-state index in [1.165, 1.54) is 4.57 Å². The number of carbonyl (C=O) groups excluding carboxylic acids is 2. The zero-order valence-electron chi connectivity index (χ0n) is 20.0. The lowest BCUT2D eigenvalue weighted by Crippen LogP contribution is -2.51. The van der Waals surface area contributed by atoms with E-state index in [0.29, 0.717) is 51.4 Å². The van der Waals surface area contributed by atoms with Crippen LogP contribution in [0.5, 0.6) is 0 Å². The van der Waals surface area contributed by atoms with Crippen molar-refractivity contribution in [2.75, 3.05) is 32.8 Å². The number of carbonyl (C=O) groups is 2. The fourth-order valence-electron chi connectivity index (χ4n) is 3.78. The molecule has 0 aliphatic carbocycles. The maximum absolute atomic E-state index is 13.5. The van der Waals surface area contributed by atoms with Crippen molar-refractivity contribution in [1.29, 1.82) is 0 Å². The molecule has 2 aromatic heterocycles. The first-order chi connectivity index (χ1) is 15.6. The van der Waals surface area contributed by atoms with Crippen molar-refractivity contribution in [3.63, 3.8) is 0 Å². The Kier molecular flexibility index (Phi) is 7.55. The van der Waals surface area contributed by atoms with Gasteiger partial charge in [-0.05, 0) is 24.3 Å². The van der Waals surface area contributed by atoms with E-state index in [1.807, 2.05) is 34.6 Å². The van der Waals surface area contributed by atoms with Gasteiger partial charge in [-0.2, -0.15) is 0 Å². The molecule has 0 atom stereocenters. The van der Waals surface area contributed by atoms with Gasteiger partial charge in [0, 0.05) is 38.4 Å². The molecular formula is C23H33N5O5. The highest BCUT2D eigenvalue weighted by Crippen LogP contribution is 2.22. The third-order valence-corrected chi connectivity index (χ3v) is 5.60. The Balaban J connectivity index is 1.94. The van der Waals surface area contributed by atoms with Crippen LogP contribution in [0, 0.1) is 5.92 Å². The number of aromatic amines is 1. The standard InChI is InChI=1S/C23H33N5O5/c1-6-7-28-19-18(20(29)25-22(28)31)16(12-17(24-19)15(4)5)21(30)26-8-10-27(11-9-26)23(32)33-13-14(2)3/h12,14-15H,6-11,13H2,1-5H3,(H,25,29,31). The molecule has 1 aliphatic heterocycles. The maximum atomic E-state index is 13.5. The number of piperazine rings is 1. The average molecular weight is 460 g/mol. The summed E-state index contributed by atoms with van der Waals surface area (Å²) in [7, 11) is 0.